The summed E-state index contributed by atoms with van der Waals surface area (Å²) in [5.41, 5.74) is 2.95. The van der Waals surface area contributed by atoms with Gasteiger partial charge in [-0.05, 0) is 47.6 Å². The van der Waals surface area contributed by atoms with E-state index in [1.54, 1.807) is 28.8 Å². The Kier molecular flexibility index (Phi) is 7.03. The lowest BCUT2D eigenvalue weighted by atomic mass is 10.0. The lowest BCUT2D eigenvalue weighted by Crippen LogP contribution is -2.50. The fourth-order valence-electron chi connectivity index (χ4n) is 3.40. The molecule has 0 radical (unpaired) electrons. The van der Waals surface area contributed by atoms with Gasteiger partial charge in [0.15, 0.2) is 0 Å². The summed E-state index contributed by atoms with van der Waals surface area (Å²) in [7, 11) is -3.54. The number of thioether (sulfide) groups is 1. The van der Waals surface area contributed by atoms with Gasteiger partial charge in [0.25, 0.3) is 5.91 Å². The minimum atomic E-state index is -3.54. The highest BCUT2D eigenvalue weighted by atomic mass is 32.2. The Morgan fingerprint density at radius 2 is 1.55 bits per heavy atom. The van der Waals surface area contributed by atoms with E-state index in [9.17, 15) is 13.2 Å². The summed E-state index contributed by atoms with van der Waals surface area (Å²) >= 11 is 1.74. The topological polar surface area (TPSA) is 57.7 Å². The Morgan fingerprint density at radius 1 is 0.966 bits per heavy atom. The van der Waals surface area contributed by atoms with Crippen LogP contribution >= 0.6 is 11.8 Å². The molecule has 0 saturated carbocycles. The van der Waals surface area contributed by atoms with Crippen molar-refractivity contribution in [1.82, 2.24) is 9.21 Å². The van der Waals surface area contributed by atoms with Crippen molar-refractivity contribution in [3.05, 3.63) is 65.2 Å². The van der Waals surface area contributed by atoms with E-state index >= 15 is 0 Å². The molecule has 2 aromatic carbocycles. The molecule has 29 heavy (non-hydrogen) atoms. The predicted octanol–water partition coefficient (Wildman–Crippen LogP) is 3.82. The number of amides is 1. The number of piperazine rings is 1. The second-order valence-corrected chi connectivity index (χ2v) is 10.4. The highest BCUT2D eigenvalue weighted by molar-refractivity contribution is 7.97. The molecule has 3 rings (SSSR count). The third-order valence-electron chi connectivity index (χ3n) is 5.22. The number of nitrogens with zero attached hydrogens (tertiary/aromatic N) is 2. The average Bonchev–Trinajstić information content (AvgIpc) is 2.74. The van der Waals surface area contributed by atoms with E-state index in [1.165, 1.54) is 9.87 Å². The van der Waals surface area contributed by atoms with E-state index < -0.39 is 10.0 Å². The number of hydrogen-bond acceptors (Lipinski definition) is 4. The molecule has 0 unspecified atom stereocenters. The molecular formula is C22H28N2O3S2. The van der Waals surface area contributed by atoms with Crippen LogP contribution in [0.4, 0.5) is 0 Å². The van der Waals surface area contributed by atoms with Crippen LogP contribution in [0.25, 0.3) is 0 Å². The van der Waals surface area contributed by atoms with Crippen LogP contribution in [0.5, 0.6) is 0 Å². The van der Waals surface area contributed by atoms with Gasteiger partial charge in [0, 0.05) is 37.5 Å². The fourth-order valence-corrected chi connectivity index (χ4v) is 5.35. The minimum Gasteiger partial charge on any atom is -0.336 e. The molecule has 0 aromatic heterocycles. The monoisotopic (exact) mass is 432 g/mol. The van der Waals surface area contributed by atoms with E-state index in [1.807, 2.05) is 42.7 Å². The maximum atomic E-state index is 12.9. The quantitative estimate of drug-likeness (QED) is 0.696. The largest absolute Gasteiger partial charge is 0.336 e. The Balaban J connectivity index is 1.63. The summed E-state index contributed by atoms with van der Waals surface area (Å²) < 4.78 is 27.3. The van der Waals surface area contributed by atoms with Crippen LogP contribution in [-0.4, -0.2) is 56.0 Å². The van der Waals surface area contributed by atoms with Gasteiger partial charge >= 0.3 is 0 Å². The summed E-state index contributed by atoms with van der Waals surface area (Å²) in [6.07, 6.45) is 2.05. The summed E-state index contributed by atoms with van der Waals surface area (Å²) in [5.74, 6) is 1.23. The molecule has 0 atom stereocenters. The second kappa shape index (κ2) is 9.32. The van der Waals surface area contributed by atoms with Gasteiger partial charge in [0.05, 0.1) is 4.90 Å². The van der Waals surface area contributed by atoms with Crippen molar-refractivity contribution in [2.75, 3.05) is 32.4 Å². The SMILES string of the molecule is CSCc1ccc(C(=O)N2CCN(S(=O)(=O)c3ccc(C(C)C)cc3)CC2)cc1. The molecule has 1 heterocycles. The highest BCUT2D eigenvalue weighted by Gasteiger charge is 2.30. The number of benzene rings is 2. The van der Waals surface area contributed by atoms with Gasteiger partial charge in [0.1, 0.15) is 0 Å². The molecule has 7 heteroatoms. The normalized spacial score (nSPS) is 15.7. The maximum Gasteiger partial charge on any atom is 0.253 e. The first-order chi connectivity index (χ1) is 13.8. The van der Waals surface area contributed by atoms with Crippen molar-refractivity contribution in [1.29, 1.82) is 0 Å². The molecule has 0 spiro atoms. The van der Waals surface area contributed by atoms with Crippen molar-refractivity contribution in [2.24, 2.45) is 0 Å². The molecule has 0 aliphatic carbocycles. The van der Waals surface area contributed by atoms with Gasteiger partial charge in [-0.3, -0.25) is 4.79 Å². The second-order valence-electron chi connectivity index (χ2n) is 7.55. The third-order valence-corrected chi connectivity index (χ3v) is 7.76. The van der Waals surface area contributed by atoms with Gasteiger partial charge in [0.2, 0.25) is 10.0 Å². The maximum absolute atomic E-state index is 12.9. The number of hydrogen-bond donors (Lipinski definition) is 0. The Bertz CT molecular complexity index is 931. The minimum absolute atomic E-state index is 0.0426. The molecule has 1 amide bonds. The van der Waals surface area contributed by atoms with E-state index in [4.69, 9.17) is 0 Å². The van der Waals surface area contributed by atoms with Crippen molar-refractivity contribution < 1.29 is 13.2 Å². The molecule has 0 bridgehead atoms. The van der Waals surface area contributed by atoms with Crippen LogP contribution in [0.2, 0.25) is 0 Å². The molecule has 1 fully saturated rings. The molecular weight excluding hydrogens is 404 g/mol. The lowest BCUT2D eigenvalue weighted by molar-refractivity contribution is 0.0698. The molecule has 0 N–H and O–H groups in total. The number of rotatable bonds is 6. The van der Waals surface area contributed by atoms with Crippen molar-refractivity contribution in [2.45, 2.75) is 30.4 Å². The molecule has 5 nitrogen and oxygen atoms in total. The van der Waals surface area contributed by atoms with Crippen LogP contribution < -0.4 is 0 Å². The van der Waals surface area contributed by atoms with Crippen LogP contribution in [0, 0.1) is 0 Å². The van der Waals surface area contributed by atoms with Gasteiger partial charge in [-0.1, -0.05) is 38.1 Å². The summed E-state index contributed by atoms with van der Waals surface area (Å²) in [6, 6.07) is 14.8. The number of carbonyl (C=O) groups is 1. The van der Waals surface area contributed by atoms with Gasteiger partial charge in [-0.2, -0.15) is 16.1 Å². The predicted molar refractivity (Wildman–Crippen MR) is 119 cm³/mol. The molecule has 1 aliphatic heterocycles. The third kappa shape index (κ3) is 5.02. The average molecular weight is 433 g/mol. The van der Waals surface area contributed by atoms with Crippen molar-refractivity contribution >= 4 is 27.7 Å². The standard InChI is InChI=1S/C22H28N2O3S2/c1-17(2)19-8-10-21(11-9-19)29(26,27)24-14-12-23(13-15-24)22(25)20-6-4-18(5-7-20)16-28-3/h4-11,17H,12-16H2,1-3H3. The molecule has 156 valence electrons. The van der Waals surface area contributed by atoms with Gasteiger partial charge in [-0.25, -0.2) is 8.42 Å². The first kappa shape index (κ1) is 21.9. The highest BCUT2D eigenvalue weighted by Crippen LogP contribution is 2.22. The lowest BCUT2D eigenvalue weighted by Gasteiger charge is -2.34. The van der Waals surface area contributed by atoms with Crippen LogP contribution in [-0.2, 0) is 15.8 Å². The first-order valence-corrected chi connectivity index (χ1v) is 12.6. The molecule has 2 aromatic rings. The number of carbonyl (C=O) groups excluding carboxylic acids is 1. The van der Waals surface area contributed by atoms with Crippen molar-refractivity contribution in [3.63, 3.8) is 0 Å². The van der Waals surface area contributed by atoms with Crippen molar-refractivity contribution in [3.8, 4) is 0 Å². The fraction of sp³-hybridized carbons (Fsp3) is 0.409. The number of sulfonamides is 1. The Hall–Kier alpha value is -1.83. The van der Waals surface area contributed by atoms with E-state index in [2.05, 4.69) is 13.8 Å². The first-order valence-electron chi connectivity index (χ1n) is 9.80. The van der Waals surface area contributed by atoms with Gasteiger partial charge in [-0.15, -0.1) is 0 Å². The van der Waals surface area contributed by atoms with Crippen LogP contribution in [0.15, 0.2) is 53.4 Å². The Morgan fingerprint density at radius 3 is 2.07 bits per heavy atom. The summed E-state index contributed by atoms with van der Waals surface area (Å²) in [6.45, 7) is 5.57. The van der Waals surface area contributed by atoms with E-state index in [0.29, 0.717) is 42.6 Å². The van der Waals surface area contributed by atoms with Crippen LogP contribution in [0.3, 0.4) is 0 Å². The van der Waals surface area contributed by atoms with Crippen LogP contribution in [0.1, 0.15) is 41.3 Å². The zero-order chi connectivity index (χ0) is 21.0. The summed E-state index contributed by atoms with van der Waals surface area (Å²) in [5, 5.41) is 0. The zero-order valence-electron chi connectivity index (χ0n) is 17.2. The van der Waals surface area contributed by atoms with E-state index in [0.717, 1.165) is 11.3 Å². The molecule has 1 aliphatic rings. The Labute approximate surface area is 178 Å². The van der Waals surface area contributed by atoms with Gasteiger partial charge < -0.3 is 4.90 Å². The smallest absolute Gasteiger partial charge is 0.253 e. The summed E-state index contributed by atoms with van der Waals surface area (Å²) in [4.78, 5) is 14.8. The van der Waals surface area contributed by atoms with E-state index in [-0.39, 0.29) is 5.91 Å². The zero-order valence-corrected chi connectivity index (χ0v) is 18.8. The molecule has 1 saturated heterocycles.